The van der Waals surface area contributed by atoms with Crippen LogP contribution in [0.2, 0.25) is 0 Å². The van der Waals surface area contributed by atoms with Gasteiger partial charge in [-0.15, -0.1) is 0 Å². The fourth-order valence-electron chi connectivity index (χ4n) is 5.12. The van der Waals surface area contributed by atoms with Crippen LogP contribution in [0.15, 0.2) is 77.7 Å². The van der Waals surface area contributed by atoms with Crippen molar-refractivity contribution in [3.63, 3.8) is 0 Å². The molecule has 3 saturated heterocycles. The zero-order valence-electron chi connectivity index (χ0n) is 19.6. The smallest absolute Gasteiger partial charge is 0.253 e. The maximum Gasteiger partial charge on any atom is 0.253 e. The Labute approximate surface area is 201 Å². The number of amides is 1. The predicted octanol–water partition coefficient (Wildman–Crippen LogP) is 3.49. The molecule has 3 aromatic rings. The summed E-state index contributed by atoms with van der Waals surface area (Å²) in [7, 11) is 0.00285. The Morgan fingerprint density at radius 3 is 2.24 bits per heavy atom. The van der Waals surface area contributed by atoms with Crippen molar-refractivity contribution in [2.45, 2.75) is 29.8 Å². The molecule has 0 radical (unpaired) electrons. The molecule has 3 heterocycles. The van der Waals surface area contributed by atoms with E-state index in [0.717, 1.165) is 16.7 Å². The number of carbonyl (C=O) groups is 1. The molecule has 34 heavy (non-hydrogen) atoms. The van der Waals surface area contributed by atoms with E-state index in [4.69, 9.17) is 0 Å². The van der Waals surface area contributed by atoms with Gasteiger partial charge >= 0.3 is 0 Å². The molecule has 3 atom stereocenters. The zero-order chi connectivity index (χ0) is 24.0. The van der Waals surface area contributed by atoms with Crippen LogP contribution in [-0.4, -0.2) is 62.8 Å². The van der Waals surface area contributed by atoms with Crippen molar-refractivity contribution in [2.75, 3.05) is 27.2 Å². The van der Waals surface area contributed by atoms with Crippen molar-refractivity contribution in [3.05, 3.63) is 89.5 Å². The third-order valence-corrected chi connectivity index (χ3v) is 8.94. The molecule has 7 heteroatoms. The van der Waals surface area contributed by atoms with Crippen LogP contribution in [0.25, 0.3) is 11.1 Å². The third-order valence-electron chi connectivity index (χ3n) is 6.95. The van der Waals surface area contributed by atoms with E-state index >= 15 is 0 Å². The van der Waals surface area contributed by atoms with Crippen LogP contribution in [-0.2, 0) is 10.0 Å². The fraction of sp³-hybridized carbons (Fsp3) is 0.296. The lowest BCUT2D eigenvalue weighted by Crippen LogP contribution is -2.72. The van der Waals surface area contributed by atoms with Gasteiger partial charge in [-0.25, -0.2) is 8.42 Å². The van der Waals surface area contributed by atoms with Crippen molar-refractivity contribution in [2.24, 2.45) is 0 Å². The number of sulfonamides is 1. The maximum absolute atomic E-state index is 13.2. The molecule has 176 valence electrons. The van der Waals surface area contributed by atoms with E-state index in [9.17, 15) is 13.2 Å². The first kappa shape index (κ1) is 22.8. The summed E-state index contributed by atoms with van der Waals surface area (Å²) in [6.45, 7) is 2.77. The van der Waals surface area contributed by atoms with Crippen molar-refractivity contribution in [1.29, 1.82) is 0 Å². The topological polar surface area (TPSA) is 69.7 Å². The number of hydrogen-bond acceptors (Lipinski definition) is 4. The first-order valence-electron chi connectivity index (χ1n) is 11.5. The van der Waals surface area contributed by atoms with Crippen LogP contribution in [0.5, 0.6) is 0 Å². The minimum absolute atomic E-state index is 0.0166. The lowest BCUT2D eigenvalue weighted by atomic mass is 9.75. The number of piperidine rings is 1. The average Bonchev–Trinajstić information content (AvgIpc) is 2.84. The molecule has 2 bridgehead atoms. The molecule has 1 unspecified atom stereocenters. The zero-order valence-corrected chi connectivity index (χ0v) is 20.4. The first-order chi connectivity index (χ1) is 16.3. The van der Waals surface area contributed by atoms with Gasteiger partial charge < -0.3 is 10.2 Å². The molecule has 6 rings (SSSR count). The second-order valence-corrected chi connectivity index (χ2v) is 11.3. The van der Waals surface area contributed by atoms with Gasteiger partial charge in [-0.3, -0.25) is 4.79 Å². The molecule has 3 aliphatic rings. The van der Waals surface area contributed by atoms with Gasteiger partial charge in [0.1, 0.15) is 0 Å². The summed E-state index contributed by atoms with van der Waals surface area (Å²) < 4.78 is 28.0. The lowest BCUT2D eigenvalue weighted by Gasteiger charge is -2.54. The lowest BCUT2D eigenvalue weighted by molar-refractivity contribution is 0.0827. The molecular weight excluding hydrogens is 446 g/mol. The minimum atomic E-state index is -3.50. The van der Waals surface area contributed by atoms with Crippen LogP contribution in [0.1, 0.15) is 27.4 Å². The summed E-state index contributed by atoms with van der Waals surface area (Å²) in [4.78, 5) is 14.3. The van der Waals surface area contributed by atoms with Crippen LogP contribution in [0.3, 0.4) is 0 Å². The summed E-state index contributed by atoms with van der Waals surface area (Å²) in [5.74, 6) is 0.274. The Bertz CT molecular complexity index is 1320. The molecule has 1 N–H and O–H groups in total. The molecule has 6 nitrogen and oxygen atoms in total. The van der Waals surface area contributed by atoms with Gasteiger partial charge in [-0.2, -0.15) is 4.31 Å². The van der Waals surface area contributed by atoms with Gasteiger partial charge in [0.25, 0.3) is 5.91 Å². The van der Waals surface area contributed by atoms with E-state index in [-0.39, 0.29) is 18.0 Å². The molecule has 3 aromatic carbocycles. The van der Waals surface area contributed by atoms with E-state index in [2.05, 4.69) is 29.6 Å². The standard InChI is InChI=1S/C27H29N3O3S/c1-18-7-4-5-10-25(18)34(32,33)30-16-23-26(24(17-30)28-23)20-13-11-19(12-14-20)21-8-6-9-22(15-21)27(31)29(2)3/h4-15,23-24,26,28H,16-17H2,1-3H3/t23-,24+,26?. The Morgan fingerprint density at radius 1 is 0.912 bits per heavy atom. The van der Waals surface area contributed by atoms with Crippen LogP contribution < -0.4 is 5.32 Å². The molecule has 0 spiro atoms. The fourth-order valence-corrected chi connectivity index (χ4v) is 6.84. The molecule has 3 fully saturated rings. The number of nitrogens with zero attached hydrogens (tertiary/aromatic N) is 2. The third kappa shape index (κ3) is 3.94. The highest BCUT2D eigenvalue weighted by Crippen LogP contribution is 2.39. The van der Waals surface area contributed by atoms with E-state index < -0.39 is 10.0 Å². The Kier molecular flexibility index (Phi) is 5.80. The number of piperazine rings is 1. The van der Waals surface area contributed by atoms with Crippen molar-refractivity contribution >= 4 is 15.9 Å². The van der Waals surface area contributed by atoms with Gasteiger partial charge in [0.15, 0.2) is 0 Å². The number of rotatable bonds is 5. The van der Waals surface area contributed by atoms with Crippen molar-refractivity contribution in [1.82, 2.24) is 14.5 Å². The normalized spacial score (nSPS) is 22.1. The quantitative estimate of drug-likeness (QED) is 0.613. The van der Waals surface area contributed by atoms with Gasteiger partial charge in [0.2, 0.25) is 10.0 Å². The Hall–Kier alpha value is -3.00. The molecular formula is C27H29N3O3S. The second kappa shape index (κ2) is 8.65. The number of benzene rings is 3. The number of nitrogens with one attached hydrogen (secondary N) is 1. The Balaban J connectivity index is 1.32. The van der Waals surface area contributed by atoms with Gasteiger partial charge in [-0.05, 0) is 47.4 Å². The first-order valence-corrected chi connectivity index (χ1v) is 12.9. The summed E-state index contributed by atoms with van der Waals surface area (Å²) in [5, 5.41) is 3.52. The SMILES string of the molecule is Cc1ccccc1S(=O)(=O)N1C[C@@H]2N[C@H](C1)C2c1ccc(-c2cccc(C(=O)N(C)C)c2)cc1. The predicted molar refractivity (Wildman–Crippen MR) is 133 cm³/mol. The van der Waals surface area contributed by atoms with Crippen molar-refractivity contribution < 1.29 is 13.2 Å². The minimum Gasteiger partial charge on any atom is -0.345 e. The Morgan fingerprint density at radius 2 is 1.59 bits per heavy atom. The molecule has 0 aliphatic carbocycles. The van der Waals surface area contributed by atoms with Crippen LogP contribution in [0, 0.1) is 6.92 Å². The maximum atomic E-state index is 13.2. The molecule has 3 aliphatic heterocycles. The van der Waals surface area contributed by atoms with Gasteiger partial charge in [-0.1, -0.05) is 54.6 Å². The van der Waals surface area contributed by atoms with Crippen molar-refractivity contribution in [3.8, 4) is 11.1 Å². The van der Waals surface area contributed by atoms with E-state index in [1.54, 1.807) is 35.4 Å². The second-order valence-electron chi connectivity index (χ2n) is 9.40. The van der Waals surface area contributed by atoms with Gasteiger partial charge in [0, 0.05) is 50.7 Å². The van der Waals surface area contributed by atoms with Crippen LogP contribution in [0.4, 0.5) is 0 Å². The number of carbonyl (C=O) groups excluding carboxylic acids is 1. The molecule has 0 aromatic heterocycles. The number of hydrogen-bond donors (Lipinski definition) is 1. The summed E-state index contributed by atoms with van der Waals surface area (Å²) in [6, 6.07) is 23.5. The summed E-state index contributed by atoms with van der Waals surface area (Å²) in [6.07, 6.45) is 0. The summed E-state index contributed by atoms with van der Waals surface area (Å²) >= 11 is 0. The van der Waals surface area contributed by atoms with Gasteiger partial charge in [0.05, 0.1) is 4.90 Å². The van der Waals surface area contributed by atoms with E-state index in [1.165, 1.54) is 5.56 Å². The van der Waals surface area contributed by atoms with E-state index in [0.29, 0.717) is 29.5 Å². The highest BCUT2D eigenvalue weighted by atomic mass is 32.2. The largest absolute Gasteiger partial charge is 0.345 e. The highest BCUT2D eigenvalue weighted by Gasteiger charge is 2.50. The monoisotopic (exact) mass is 475 g/mol. The summed E-state index contributed by atoms with van der Waals surface area (Å²) in [5.41, 5.74) is 4.71. The highest BCUT2D eigenvalue weighted by molar-refractivity contribution is 7.89. The average molecular weight is 476 g/mol. The van der Waals surface area contributed by atoms with Crippen LogP contribution >= 0.6 is 0 Å². The number of fused-ring (bicyclic) bond motifs is 2. The molecule has 0 saturated carbocycles. The molecule has 1 amide bonds. The van der Waals surface area contributed by atoms with E-state index in [1.807, 2.05) is 43.3 Å². The number of aryl methyl sites for hydroxylation is 1.